The summed E-state index contributed by atoms with van der Waals surface area (Å²) in [6, 6.07) is 15.7. The Morgan fingerprint density at radius 1 is 1.09 bits per heavy atom. The summed E-state index contributed by atoms with van der Waals surface area (Å²) in [4.78, 5) is 27.2. The van der Waals surface area contributed by atoms with Crippen molar-refractivity contribution in [3.63, 3.8) is 0 Å². The fraction of sp³-hybridized carbons (Fsp3) is 0.111. The maximum Gasteiger partial charge on any atom is 0.268 e. The molecule has 0 spiro atoms. The highest BCUT2D eigenvalue weighted by Crippen LogP contribution is 2.18. The second-order valence-electron chi connectivity index (χ2n) is 5.49. The summed E-state index contributed by atoms with van der Waals surface area (Å²) in [7, 11) is 0. The van der Waals surface area contributed by atoms with E-state index in [0.29, 0.717) is 11.3 Å². The summed E-state index contributed by atoms with van der Waals surface area (Å²) in [5.74, 6) is -0.969. The highest BCUT2D eigenvalue weighted by atomic mass is 16.2. The number of hydrogen-bond acceptors (Lipinski definition) is 2. The number of fused-ring (bicyclic) bond motifs is 1. The summed E-state index contributed by atoms with van der Waals surface area (Å²) >= 11 is 0. The van der Waals surface area contributed by atoms with Gasteiger partial charge < -0.3 is 16.0 Å². The van der Waals surface area contributed by atoms with Crippen LogP contribution in [0, 0.1) is 6.92 Å². The van der Waals surface area contributed by atoms with Gasteiger partial charge in [-0.2, -0.15) is 0 Å². The zero-order chi connectivity index (χ0) is 16.4. The van der Waals surface area contributed by atoms with Gasteiger partial charge in [0.15, 0.2) is 0 Å². The highest BCUT2D eigenvalue weighted by Gasteiger charge is 2.21. The second-order valence-corrected chi connectivity index (χ2v) is 5.49. The summed E-state index contributed by atoms with van der Waals surface area (Å²) < 4.78 is 0. The largest absolute Gasteiger partial charge is 0.368 e. The molecule has 0 fully saturated rings. The van der Waals surface area contributed by atoms with Gasteiger partial charge in [0.1, 0.15) is 11.7 Å². The molecule has 1 unspecified atom stereocenters. The predicted molar refractivity (Wildman–Crippen MR) is 88.9 cm³/mol. The molecule has 0 bridgehead atoms. The number of rotatable bonds is 4. The smallest absolute Gasteiger partial charge is 0.268 e. The van der Waals surface area contributed by atoms with Gasteiger partial charge in [0.25, 0.3) is 5.91 Å². The number of aryl methyl sites for hydroxylation is 1. The fourth-order valence-corrected chi connectivity index (χ4v) is 2.55. The molecule has 3 aromatic rings. The number of nitrogens with one attached hydrogen (secondary N) is 2. The summed E-state index contributed by atoms with van der Waals surface area (Å²) in [6.07, 6.45) is 0. The van der Waals surface area contributed by atoms with Crippen molar-refractivity contribution in [1.29, 1.82) is 0 Å². The predicted octanol–water partition coefficient (Wildman–Crippen LogP) is 2.43. The van der Waals surface area contributed by atoms with E-state index in [9.17, 15) is 9.59 Å². The van der Waals surface area contributed by atoms with E-state index in [4.69, 9.17) is 5.73 Å². The van der Waals surface area contributed by atoms with E-state index < -0.39 is 11.9 Å². The second kappa shape index (κ2) is 5.96. The topological polar surface area (TPSA) is 88.0 Å². The van der Waals surface area contributed by atoms with Crippen LogP contribution in [0.4, 0.5) is 0 Å². The van der Waals surface area contributed by atoms with Crippen LogP contribution in [0.15, 0.2) is 54.6 Å². The number of amides is 2. The van der Waals surface area contributed by atoms with Gasteiger partial charge in [-0.25, -0.2) is 0 Å². The van der Waals surface area contributed by atoms with Crippen molar-refractivity contribution in [2.45, 2.75) is 13.0 Å². The third kappa shape index (κ3) is 3.08. The molecule has 0 saturated heterocycles. The molecule has 0 radical (unpaired) electrons. The normalized spacial score (nSPS) is 12.0. The average Bonchev–Trinajstić information content (AvgIpc) is 2.96. The van der Waals surface area contributed by atoms with Crippen LogP contribution in [0.3, 0.4) is 0 Å². The van der Waals surface area contributed by atoms with Crippen molar-refractivity contribution in [3.8, 4) is 0 Å². The zero-order valence-corrected chi connectivity index (χ0v) is 12.7. The van der Waals surface area contributed by atoms with E-state index in [-0.39, 0.29) is 5.91 Å². The van der Waals surface area contributed by atoms with Crippen LogP contribution in [0.25, 0.3) is 10.9 Å². The first kappa shape index (κ1) is 14.8. The van der Waals surface area contributed by atoms with Crippen molar-refractivity contribution < 1.29 is 9.59 Å². The van der Waals surface area contributed by atoms with Gasteiger partial charge in [0.05, 0.1) is 0 Å². The highest BCUT2D eigenvalue weighted by molar-refractivity contribution is 6.00. The number of hydrogen-bond donors (Lipinski definition) is 3. The molecule has 4 N–H and O–H groups in total. The Bertz CT molecular complexity index is 868. The van der Waals surface area contributed by atoms with Crippen LogP contribution < -0.4 is 11.1 Å². The molecule has 116 valence electrons. The number of benzene rings is 2. The van der Waals surface area contributed by atoms with Crippen molar-refractivity contribution in [3.05, 3.63) is 71.4 Å². The monoisotopic (exact) mass is 307 g/mol. The molecule has 5 heteroatoms. The molecule has 3 rings (SSSR count). The zero-order valence-electron chi connectivity index (χ0n) is 12.7. The Labute approximate surface area is 133 Å². The van der Waals surface area contributed by atoms with E-state index in [1.54, 1.807) is 30.3 Å². The van der Waals surface area contributed by atoms with Crippen molar-refractivity contribution in [2.24, 2.45) is 5.73 Å². The van der Waals surface area contributed by atoms with Crippen LogP contribution in [-0.4, -0.2) is 16.8 Å². The summed E-state index contributed by atoms with van der Waals surface area (Å²) in [5, 5.41) is 3.63. The fourth-order valence-electron chi connectivity index (χ4n) is 2.55. The quantitative estimate of drug-likeness (QED) is 0.691. The molecule has 1 atom stereocenters. The van der Waals surface area contributed by atoms with E-state index in [1.165, 1.54) is 0 Å². The Morgan fingerprint density at radius 2 is 1.83 bits per heavy atom. The maximum absolute atomic E-state index is 12.4. The Kier molecular flexibility index (Phi) is 3.85. The van der Waals surface area contributed by atoms with Gasteiger partial charge in [0.2, 0.25) is 5.91 Å². The lowest BCUT2D eigenvalue weighted by Gasteiger charge is -2.15. The van der Waals surface area contributed by atoms with Gasteiger partial charge >= 0.3 is 0 Å². The lowest BCUT2D eigenvalue weighted by Crippen LogP contribution is -2.37. The molecule has 0 aliphatic heterocycles. The van der Waals surface area contributed by atoms with Crippen LogP contribution in [0.1, 0.15) is 27.7 Å². The number of nitrogens with two attached hydrogens (primary N) is 1. The molecule has 1 aromatic heterocycles. The van der Waals surface area contributed by atoms with E-state index >= 15 is 0 Å². The molecular formula is C18H17N3O2. The van der Waals surface area contributed by atoms with Gasteiger partial charge in [-0.05, 0) is 30.7 Å². The van der Waals surface area contributed by atoms with Gasteiger partial charge in [-0.1, -0.05) is 42.0 Å². The van der Waals surface area contributed by atoms with Crippen molar-refractivity contribution >= 4 is 22.7 Å². The Hall–Kier alpha value is -3.08. The molecule has 5 nitrogen and oxygen atoms in total. The lowest BCUT2D eigenvalue weighted by atomic mass is 10.1. The van der Waals surface area contributed by atoms with Crippen LogP contribution in [0.2, 0.25) is 0 Å². The molecule has 0 aliphatic carbocycles. The first-order valence-electron chi connectivity index (χ1n) is 7.29. The Morgan fingerprint density at radius 3 is 2.52 bits per heavy atom. The summed E-state index contributed by atoms with van der Waals surface area (Å²) in [5.41, 5.74) is 8.46. The van der Waals surface area contributed by atoms with E-state index in [0.717, 1.165) is 16.5 Å². The van der Waals surface area contributed by atoms with Crippen LogP contribution in [-0.2, 0) is 4.79 Å². The number of primary amides is 1. The first-order valence-corrected chi connectivity index (χ1v) is 7.29. The van der Waals surface area contributed by atoms with Crippen LogP contribution >= 0.6 is 0 Å². The first-order chi connectivity index (χ1) is 11.0. The minimum atomic E-state index is -0.864. The van der Waals surface area contributed by atoms with E-state index in [1.807, 2.05) is 31.2 Å². The van der Waals surface area contributed by atoms with E-state index in [2.05, 4.69) is 10.3 Å². The molecular weight excluding hydrogens is 290 g/mol. The number of aromatic nitrogens is 1. The molecule has 1 heterocycles. The minimum Gasteiger partial charge on any atom is -0.368 e. The average molecular weight is 307 g/mol. The minimum absolute atomic E-state index is 0.369. The lowest BCUT2D eigenvalue weighted by molar-refractivity contribution is -0.120. The van der Waals surface area contributed by atoms with Gasteiger partial charge in [-0.3, -0.25) is 9.59 Å². The van der Waals surface area contributed by atoms with Gasteiger partial charge in [-0.15, -0.1) is 0 Å². The maximum atomic E-state index is 12.4. The standard InChI is InChI=1S/C18H17N3O2/c1-11-7-8-14-13(9-11)10-15(20-14)18(23)21-16(17(19)22)12-5-3-2-4-6-12/h2-10,16,20H,1H3,(H2,19,22)(H,21,23). The Balaban J connectivity index is 1.87. The van der Waals surface area contributed by atoms with Gasteiger partial charge in [0, 0.05) is 10.9 Å². The molecule has 0 aliphatic rings. The third-order valence-electron chi connectivity index (χ3n) is 3.71. The SMILES string of the molecule is Cc1ccc2[nH]c(C(=O)NC(C(N)=O)c3ccccc3)cc2c1. The summed E-state index contributed by atoms with van der Waals surface area (Å²) in [6.45, 7) is 1.99. The van der Waals surface area contributed by atoms with Crippen molar-refractivity contribution in [2.75, 3.05) is 0 Å². The van der Waals surface area contributed by atoms with Crippen LogP contribution in [0.5, 0.6) is 0 Å². The molecule has 2 aromatic carbocycles. The number of H-pyrrole nitrogens is 1. The molecule has 23 heavy (non-hydrogen) atoms. The molecule has 0 saturated carbocycles. The number of aromatic amines is 1. The van der Waals surface area contributed by atoms with Crippen molar-refractivity contribution in [1.82, 2.24) is 10.3 Å². The third-order valence-corrected chi connectivity index (χ3v) is 3.71. The number of carbonyl (C=O) groups is 2. The molecule has 2 amide bonds. The number of carbonyl (C=O) groups excluding carboxylic acids is 2.